The molecular weight excluding hydrogens is 405 g/mol. The van der Waals surface area contributed by atoms with Gasteiger partial charge in [0, 0.05) is 39.6 Å². The number of hydrogen-bond acceptors (Lipinski definition) is 4. The predicted octanol–water partition coefficient (Wildman–Crippen LogP) is 4.40. The summed E-state index contributed by atoms with van der Waals surface area (Å²) < 4.78 is 11.1. The zero-order valence-corrected chi connectivity index (χ0v) is 14.6. The lowest BCUT2D eigenvalue weighted by Gasteiger charge is -2.11. The Kier molecular flexibility index (Phi) is 4.76. The summed E-state index contributed by atoms with van der Waals surface area (Å²) in [4.78, 5) is 16.2. The first-order valence-electron chi connectivity index (χ1n) is 7.03. The van der Waals surface area contributed by atoms with E-state index in [-0.39, 0.29) is 3.79 Å². The van der Waals surface area contributed by atoms with Crippen molar-refractivity contribution in [1.29, 1.82) is 0 Å². The van der Waals surface area contributed by atoms with Crippen molar-refractivity contribution in [2.24, 2.45) is 0 Å². The van der Waals surface area contributed by atoms with Gasteiger partial charge in [0.25, 0.3) is 0 Å². The second-order valence-electron chi connectivity index (χ2n) is 4.91. The number of halogens is 1. The normalized spacial score (nSPS) is 10.5. The molecule has 23 heavy (non-hydrogen) atoms. The van der Waals surface area contributed by atoms with Gasteiger partial charge in [-0.2, -0.15) is 0 Å². The van der Waals surface area contributed by atoms with Crippen LogP contribution in [0.3, 0.4) is 0 Å². The van der Waals surface area contributed by atoms with Crippen molar-refractivity contribution in [3.63, 3.8) is 0 Å². The van der Waals surface area contributed by atoms with Crippen LogP contribution in [0.5, 0.6) is 11.6 Å². The number of benzene rings is 2. The van der Waals surface area contributed by atoms with Crippen LogP contribution < -0.4 is 9.47 Å². The largest absolute Gasteiger partial charge is 0.487 e. The van der Waals surface area contributed by atoms with Crippen molar-refractivity contribution in [2.45, 2.75) is 6.61 Å². The van der Waals surface area contributed by atoms with Crippen molar-refractivity contribution < 1.29 is 14.3 Å². The molecule has 0 aliphatic rings. The second-order valence-corrected chi connectivity index (χ2v) is 5.89. The Labute approximate surface area is 147 Å². The molecule has 0 radical (unpaired) electrons. The molecule has 0 saturated heterocycles. The van der Waals surface area contributed by atoms with Crippen molar-refractivity contribution in [3.05, 3.63) is 65.7 Å². The maximum absolute atomic E-state index is 11.8. The molecule has 0 fully saturated rings. The molecule has 1 heterocycles. The molecule has 0 saturated carbocycles. The van der Waals surface area contributed by atoms with Gasteiger partial charge < -0.3 is 9.47 Å². The van der Waals surface area contributed by atoms with Gasteiger partial charge >= 0.3 is 0 Å². The fourth-order valence-corrected chi connectivity index (χ4v) is 2.78. The average molecular weight is 419 g/mol. The van der Waals surface area contributed by atoms with Gasteiger partial charge in [0.15, 0.2) is 0 Å². The van der Waals surface area contributed by atoms with Crippen LogP contribution in [0.15, 0.2) is 54.6 Å². The van der Waals surface area contributed by atoms with Gasteiger partial charge in [-0.05, 0) is 23.8 Å². The van der Waals surface area contributed by atoms with Crippen molar-refractivity contribution in [1.82, 2.24) is 4.98 Å². The number of hydrogen-bond donors (Lipinski definition) is 0. The number of ether oxygens (including phenoxy) is 2. The van der Waals surface area contributed by atoms with Crippen molar-refractivity contribution in [3.8, 4) is 11.6 Å². The Morgan fingerprint density at radius 3 is 2.57 bits per heavy atom. The molecule has 3 rings (SSSR count). The molecule has 0 atom stereocenters. The molecule has 0 bridgehead atoms. The van der Waals surface area contributed by atoms with Gasteiger partial charge in [0.05, 0.1) is 7.11 Å². The summed E-state index contributed by atoms with van der Waals surface area (Å²) in [6.07, 6.45) is 0. The topological polar surface area (TPSA) is 48.4 Å². The minimum Gasteiger partial charge on any atom is -0.487 e. The number of nitrogens with zero attached hydrogens (tertiary/aromatic N) is 1. The molecule has 0 unspecified atom stereocenters. The highest BCUT2D eigenvalue weighted by molar-refractivity contribution is 14.1. The average Bonchev–Trinajstić information content (AvgIpc) is 2.59. The SMILES string of the molecule is COc1ccc2c(C(=O)I)ccc(OCc3ccccc3)c2n1. The van der Waals surface area contributed by atoms with E-state index >= 15 is 0 Å². The minimum atomic E-state index is -0.0332. The molecule has 0 aliphatic carbocycles. The summed E-state index contributed by atoms with van der Waals surface area (Å²) in [5, 5.41) is 0.760. The Morgan fingerprint density at radius 2 is 1.87 bits per heavy atom. The van der Waals surface area contributed by atoms with E-state index in [0.717, 1.165) is 10.9 Å². The predicted molar refractivity (Wildman–Crippen MR) is 97.4 cm³/mol. The third kappa shape index (κ3) is 3.44. The molecule has 0 aliphatic heterocycles. The summed E-state index contributed by atoms with van der Waals surface area (Å²) in [7, 11) is 1.56. The Hall–Kier alpha value is -2.15. The summed E-state index contributed by atoms with van der Waals surface area (Å²) in [5.41, 5.74) is 2.31. The van der Waals surface area contributed by atoms with Gasteiger partial charge in [-0.1, -0.05) is 30.3 Å². The molecule has 2 aromatic carbocycles. The van der Waals surface area contributed by atoms with E-state index in [9.17, 15) is 4.79 Å². The number of carbonyl (C=O) groups is 1. The van der Waals surface area contributed by atoms with Gasteiger partial charge in [-0.15, -0.1) is 0 Å². The molecule has 3 aromatic rings. The lowest BCUT2D eigenvalue weighted by atomic mass is 10.1. The zero-order valence-electron chi connectivity index (χ0n) is 12.5. The molecule has 0 amide bonds. The fraction of sp³-hybridized carbons (Fsp3) is 0.111. The quantitative estimate of drug-likeness (QED) is 0.455. The fourth-order valence-electron chi connectivity index (χ4n) is 2.31. The first-order chi connectivity index (χ1) is 11.2. The molecule has 116 valence electrons. The van der Waals surface area contributed by atoms with E-state index in [1.54, 1.807) is 47.9 Å². The molecule has 5 heteroatoms. The van der Waals surface area contributed by atoms with Crippen LogP contribution >= 0.6 is 22.6 Å². The third-order valence-corrected chi connectivity index (χ3v) is 4.03. The minimum absolute atomic E-state index is 0.0332. The number of rotatable bonds is 5. The molecule has 0 N–H and O–H groups in total. The molecule has 0 spiro atoms. The van der Waals surface area contributed by atoms with Gasteiger partial charge in [0.1, 0.15) is 17.9 Å². The second kappa shape index (κ2) is 6.95. The zero-order chi connectivity index (χ0) is 16.2. The van der Waals surface area contributed by atoms with Gasteiger partial charge in [0.2, 0.25) is 9.67 Å². The van der Waals surface area contributed by atoms with Gasteiger partial charge in [-0.25, -0.2) is 4.98 Å². The van der Waals surface area contributed by atoms with Gasteiger partial charge in [-0.3, -0.25) is 4.79 Å². The van der Waals surface area contributed by atoms with Crippen molar-refractivity contribution in [2.75, 3.05) is 7.11 Å². The smallest absolute Gasteiger partial charge is 0.223 e. The van der Waals surface area contributed by atoms with Crippen LogP contribution in [0.25, 0.3) is 10.9 Å². The van der Waals surface area contributed by atoms with E-state index in [4.69, 9.17) is 9.47 Å². The summed E-state index contributed by atoms with van der Waals surface area (Å²) >= 11 is 1.78. The van der Waals surface area contributed by atoms with Crippen LogP contribution in [0.2, 0.25) is 0 Å². The Balaban J connectivity index is 2.02. The van der Waals surface area contributed by atoms with Crippen molar-refractivity contribution >= 4 is 37.3 Å². The number of carbonyl (C=O) groups excluding carboxylic acids is 1. The number of pyridine rings is 1. The summed E-state index contributed by atoms with van der Waals surface area (Å²) in [6, 6.07) is 17.0. The lowest BCUT2D eigenvalue weighted by molar-refractivity contribution is 0.110. The van der Waals surface area contributed by atoms with Crippen LogP contribution in [0, 0.1) is 0 Å². The highest BCUT2D eigenvalue weighted by Crippen LogP contribution is 2.30. The highest BCUT2D eigenvalue weighted by atomic mass is 127. The summed E-state index contributed by atoms with van der Waals surface area (Å²) in [6.45, 7) is 0.437. The first kappa shape index (κ1) is 15.7. The van der Waals surface area contributed by atoms with Crippen LogP contribution in [0.1, 0.15) is 15.9 Å². The van der Waals surface area contributed by atoms with E-state index in [2.05, 4.69) is 4.98 Å². The van der Waals surface area contributed by atoms with E-state index in [0.29, 0.717) is 29.3 Å². The number of methoxy groups -OCH3 is 1. The number of aromatic nitrogens is 1. The highest BCUT2D eigenvalue weighted by Gasteiger charge is 2.13. The molecule has 1 aromatic heterocycles. The monoisotopic (exact) mass is 419 g/mol. The lowest BCUT2D eigenvalue weighted by Crippen LogP contribution is -2.00. The van der Waals surface area contributed by atoms with E-state index in [1.807, 2.05) is 36.4 Å². The van der Waals surface area contributed by atoms with Crippen LogP contribution in [-0.2, 0) is 6.61 Å². The Morgan fingerprint density at radius 1 is 1.09 bits per heavy atom. The summed E-state index contributed by atoms with van der Waals surface area (Å²) in [5.74, 6) is 1.12. The third-order valence-electron chi connectivity index (χ3n) is 3.45. The van der Waals surface area contributed by atoms with Crippen LogP contribution in [-0.4, -0.2) is 15.9 Å². The van der Waals surface area contributed by atoms with E-state index < -0.39 is 0 Å². The first-order valence-corrected chi connectivity index (χ1v) is 8.11. The Bertz CT molecular complexity index is 850. The molecule has 4 nitrogen and oxygen atoms in total. The standard InChI is InChI=1S/C18H14INO3/c1-22-16-10-8-13-14(18(19)21)7-9-15(17(13)20-16)23-11-12-5-3-2-4-6-12/h2-10H,11H2,1H3. The number of fused-ring (bicyclic) bond motifs is 1. The van der Waals surface area contributed by atoms with Crippen LogP contribution in [0.4, 0.5) is 0 Å². The molecular formula is C18H14INO3. The maximum atomic E-state index is 11.8. The van der Waals surface area contributed by atoms with E-state index in [1.165, 1.54) is 0 Å². The maximum Gasteiger partial charge on any atom is 0.223 e.